The van der Waals surface area contributed by atoms with Crippen molar-refractivity contribution in [3.05, 3.63) is 53.1 Å². The van der Waals surface area contributed by atoms with Crippen molar-refractivity contribution < 1.29 is 22.7 Å². The maximum Gasteiger partial charge on any atom is 0.241 e. The van der Waals surface area contributed by atoms with Gasteiger partial charge in [0.1, 0.15) is 12.3 Å². The third-order valence-corrected chi connectivity index (χ3v) is 6.24. The maximum atomic E-state index is 12.6. The van der Waals surface area contributed by atoms with Gasteiger partial charge in [-0.05, 0) is 42.3 Å². The van der Waals surface area contributed by atoms with E-state index in [0.717, 1.165) is 28.2 Å². The van der Waals surface area contributed by atoms with Crippen LogP contribution in [-0.4, -0.2) is 46.7 Å². The lowest BCUT2D eigenvalue weighted by molar-refractivity contribution is -0.120. The Kier molecular flexibility index (Phi) is 7.07. The Bertz CT molecular complexity index is 1090. The lowest BCUT2D eigenvalue weighted by atomic mass is 10.2. The van der Waals surface area contributed by atoms with Gasteiger partial charge in [0.05, 0.1) is 19.1 Å². The SMILES string of the molecule is COc1ccc(Cl)cc1N(CC(=O)NCc1cccc(N2CCCC2=O)c1)S(C)(=O)=O. The summed E-state index contributed by atoms with van der Waals surface area (Å²) < 4.78 is 30.9. The highest BCUT2D eigenvalue weighted by atomic mass is 35.5. The summed E-state index contributed by atoms with van der Waals surface area (Å²) in [6.45, 7) is 0.443. The zero-order chi connectivity index (χ0) is 22.6. The minimum absolute atomic E-state index is 0.0837. The van der Waals surface area contributed by atoms with E-state index in [1.54, 1.807) is 17.0 Å². The molecular weight excluding hydrogens is 442 g/mol. The van der Waals surface area contributed by atoms with E-state index >= 15 is 0 Å². The summed E-state index contributed by atoms with van der Waals surface area (Å²) in [6, 6.07) is 11.9. The molecule has 1 aliphatic rings. The molecule has 2 aromatic carbocycles. The highest BCUT2D eigenvalue weighted by Gasteiger charge is 2.25. The van der Waals surface area contributed by atoms with Crippen LogP contribution in [0.2, 0.25) is 5.02 Å². The van der Waals surface area contributed by atoms with Crippen LogP contribution in [0.15, 0.2) is 42.5 Å². The van der Waals surface area contributed by atoms with E-state index < -0.39 is 22.5 Å². The number of hydrogen-bond acceptors (Lipinski definition) is 5. The third kappa shape index (κ3) is 5.68. The number of carbonyl (C=O) groups excluding carboxylic acids is 2. The van der Waals surface area contributed by atoms with Gasteiger partial charge >= 0.3 is 0 Å². The van der Waals surface area contributed by atoms with Gasteiger partial charge in [0.15, 0.2) is 0 Å². The van der Waals surface area contributed by atoms with Crippen LogP contribution in [0, 0.1) is 0 Å². The van der Waals surface area contributed by atoms with Gasteiger partial charge < -0.3 is 15.0 Å². The Morgan fingerprint density at radius 2 is 2.03 bits per heavy atom. The first kappa shape index (κ1) is 22.9. The summed E-state index contributed by atoms with van der Waals surface area (Å²) in [7, 11) is -2.37. The number of amides is 2. The first-order valence-corrected chi connectivity index (χ1v) is 11.9. The topological polar surface area (TPSA) is 96.0 Å². The Labute approximate surface area is 186 Å². The van der Waals surface area contributed by atoms with E-state index in [2.05, 4.69) is 5.32 Å². The molecule has 8 nitrogen and oxygen atoms in total. The molecule has 31 heavy (non-hydrogen) atoms. The molecule has 2 amide bonds. The number of nitrogens with zero attached hydrogens (tertiary/aromatic N) is 2. The van der Waals surface area contributed by atoms with E-state index in [1.165, 1.54) is 13.2 Å². The molecular formula is C21H24ClN3O5S. The van der Waals surface area contributed by atoms with Crippen LogP contribution in [0.5, 0.6) is 5.75 Å². The largest absolute Gasteiger partial charge is 0.495 e. The first-order chi connectivity index (χ1) is 14.7. The second kappa shape index (κ2) is 9.57. The Morgan fingerprint density at radius 1 is 1.26 bits per heavy atom. The van der Waals surface area contributed by atoms with Crippen LogP contribution in [0.25, 0.3) is 0 Å². The van der Waals surface area contributed by atoms with Crippen LogP contribution < -0.4 is 19.3 Å². The van der Waals surface area contributed by atoms with Crippen molar-refractivity contribution in [3.63, 3.8) is 0 Å². The normalized spacial score (nSPS) is 13.9. The van der Waals surface area contributed by atoms with Crippen molar-refractivity contribution in [2.45, 2.75) is 19.4 Å². The van der Waals surface area contributed by atoms with Gasteiger partial charge in [-0.1, -0.05) is 23.7 Å². The second-order valence-electron chi connectivity index (χ2n) is 7.18. The van der Waals surface area contributed by atoms with Crippen LogP contribution in [0.1, 0.15) is 18.4 Å². The van der Waals surface area contributed by atoms with E-state index in [4.69, 9.17) is 16.3 Å². The molecule has 0 radical (unpaired) electrons. The average Bonchev–Trinajstić information content (AvgIpc) is 3.16. The van der Waals surface area contributed by atoms with Gasteiger partial charge in [0.25, 0.3) is 0 Å². The maximum absolute atomic E-state index is 12.6. The van der Waals surface area contributed by atoms with Gasteiger partial charge in [-0.15, -0.1) is 0 Å². The molecule has 10 heteroatoms. The van der Waals surface area contributed by atoms with Crippen molar-refractivity contribution in [3.8, 4) is 5.75 Å². The molecule has 0 aromatic heterocycles. The Morgan fingerprint density at radius 3 is 2.68 bits per heavy atom. The zero-order valence-corrected chi connectivity index (χ0v) is 18.9. The lowest BCUT2D eigenvalue weighted by Gasteiger charge is -2.24. The second-order valence-corrected chi connectivity index (χ2v) is 9.52. The molecule has 1 saturated heterocycles. The molecule has 0 spiro atoms. The fourth-order valence-corrected chi connectivity index (χ4v) is 4.40. The van der Waals surface area contributed by atoms with E-state index in [-0.39, 0.29) is 23.9 Å². The van der Waals surface area contributed by atoms with Crippen molar-refractivity contribution in [2.75, 3.05) is 35.7 Å². The predicted octanol–water partition coefficient (Wildman–Crippen LogP) is 2.56. The monoisotopic (exact) mass is 465 g/mol. The molecule has 0 atom stereocenters. The zero-order valence-electron chi connectivity index (χ0n) is 17.3. The molecule has 1 aliphatic heterocycles. The summed E-state index contributed by atoms with van der Waals surface area (Å²) in [5.74, 6) is -0.124. The number of carbonyl (C=O) groups is 2. The summed E-state index contributed by atoms with van der Waals surface area (Å²) in [5.41, 5.74) is 1.77. The smallest absolute Gasteiger partial charge is 0.241 e. The Hall–Kier alpha value is -2.78. The van der Waals surface area contributed by atoms with E-state index in [1.807, 2.05) is 24.3 Å². The highest BCUT2D eigenvalue weighted by molar-refractivity contribution is 7.92. The average molecular weight is 466 g/mol. The minimum atomic E-state index is -3.78. The fourth-order valence-electron chi connectivity index (χ4n) is 3.38. The summed E-state index contributed by atoms with van der Waals surface area (Å²) in [4.78, 5) is 26.2. The lowest BCUT2D eigenvalue weighted by Crippen LogP contribution is -2.40. The molecule has 0 bridgehead atoms. The van der Waals surface area contributed by atoms with Gasteiger partial charge in [0.2, 0.25) is 21.8 Å². The van der Waals surface area contributed by atoms with E-state index in [9.17, 15) is 18.0 Å². The fraction of sp³-hybridized carbons (Fsp3) is 0.333. The van der Waals surface area contributed by atoms with Crippen molar-refractivity contribution >= 4 is 44.8 Å². The number of ether oxygens (including phenoxy) is 1. The quantitative estimate of drug-likeness (QED) is 0.646. The van der Waals surface area contributed by atoms with Crippen LogP contribution in [0.4, 0.5) is 11.4 Å². The summed E-state index contributed by atoms with van der Waals surface area (Å²) in [6.07, 6.45) is 2.38. The van der Waals surface area contributed by atoms with Gasteiger partial charge in [-0.3, -0.25) is 13.9 Å². The molecule has 0 unspecified atom stereocenters. The van der Waals surface area contributed by atoms with Gasteiger partial charge in [-0.25, -0.2) is 8.42 Å². The van der Waals surface area contributed by atoms with Crippen molar-refractivity contribution in [1.29, 1.82) is 0 Å². The van der Waals surface area contributed by atoms with Crippen LogP contribution >= 0.6 is 11.6 Å². The first-order valence-electron chi connectivity index (χ1n) is 9.66. The predicted molar refractivity (Wildman–Crippen MR) is 120 cm³/mol. The molecule has 3 rings (SSSR count). The number of halogens is 1. The Balaban J connectivity index is 1.72. The number of methoxy groups -OCH3 is 1. The molecule has 166 valence electrons. The van der Waals surface area contributed by atoms with Gasteiger partial charge in [-0.2, -0.15) is 0 Å². The number of benzene rings is 2. The highest BCUT2D eigenvalue weighted by Crippen LogP contribution is 2.32. The number of nitrogens with one attached hydrogen (secondary N) is 1. The molecule has 1 heterocycles. The number of sulfonamides is 1. The van der Waals surface area contributed by atoms with Crippen LogP contribution in [-0.2, 0) is 26.2 Å². The summed E-state index contributed by atoms with van der Waals surface area (Å²) in [5, 5.41) is 3.05. The molecule has 0 aliphatic carbocycles. The number of anilines is 2. The number of rotatable bonds is 8. The number of hydrogen-bond donors (Lipinski definition) is 1. The minimum Gasteiger partial charge on any atom is -0.495 e. The molecule has 1 N–H and O–H groups in total. The van der Waals surface area contributed by atoms with Crippen molar-refractivity contribution in [1.82, 2.24) is 5.32 Å². The molecule has 1 fully saturated rings. The molecule has 0 saturated carbocycles. The third-order valence-electron chi connectivity index (χ3n) is 4.88. The van der Waals surface area contributed by atoms with Gasteiger partial charge in [0, 0.05) is 30.2 Å². The summed E-state index contributed by atoms with van der Waals surface area (Å²) >= 11 is 6.02. The standard InChI is InChI=1S/C21H24ClN3O5S/c1-30-19-9-8-16(22)12-18(19)25(31(2,28)29)14-20(26)23-13-15-5-3-6-17(11-15)24-10-4-7-21(24)27/h3,5-6,8-9,11-12H,4,7,10,13-14H2,1-2H3,(H,23,26). The van der Waals surface area contributed by atoms with Crippen LogP contribution in [0.3, 0.4) is 0 Å². The van der Waals surface area contributed by atoms with Crippen molar-refractivity contribution in [2.24, 2.45) is 0 Å². The molecule has 2 aromatic rings. The van der Waals surface area contributed by atoms with E-state index in [0.29, 0.717) is 18.0 Å².